The van der Waals surface area contributed by atoms with Crippen molar-refractivity contribution in [1.82, 2.24) is 0 Å². The number of rotatable bonds is 7. The highest BCUT2D eigenvalue weighted by atomic mass is 19.1. The second kappa shape index (κ2) is 11.1. The van der Waals surface area contributed by atoms with Gasteiger partial charge in [0.25, 0.3) is 0 Å². The molecule has 0 aliphatic heterocycles. The number of hydrogen-bond acceptors (Lipinski definition) is 0. The smallest absolute Gasteiger partial charge is 0.139 e. The summed E-state index contributed by atoms with van der Waals surface area (Å²) < 4.78 is 14.1. The van der Waals surface area contributed by atoms with Crippen molar-refractivity contribution < 1.29 is 4.39 Å². The molecule has 1 heteroatoms. The average Bonchev–Trinajstić information content (AvgIpc) is 2.62. The van der Waals surface area contributed by atoms with Crippen LogP contribution in [0.4, 0.5) is 4.39 Å². The van der Waals surface area contributed by atoms with Crippen LogP contribution < -0.4 is 0 Å². The Morgan fingerprint density at radius 2 is 1.88 bits per heavy atom. The molecule has 0 N–H and O–H groups in total. The largest absolute Gasteiger partial charge is 0.206 e. The van der Waals surface area contributed by atoms with E-state index in [-0.39, 0.29) is 5.82 Å². The van der Waals surface area contributed by atoms with Gasteiger partial charge in [0.1, 0.15) is 5.82 Å². The quantitative estimate of drug-likeness (QED) is 0.368. The van der Waals surface area contributed by atoms with Crippen molar-refractivity contribution in [2.45, 2.75) is 78.1 Å². The van der Waals surface area contributed by atoms with Gasteiger partial charge in [0.05, 0.1) is 5.56 Å². The van der Waals surface area contributed by atoms with Gasteiger partial charge in [-0.3, -0.25) is 0 Å². The highest BCUT2D eigenvalue weighted by molar-refractivity contribution is 5.39. The number of unbranched alkanes of at least 4 members (excludes halogenated alkanes) is 2. The first-order valence-electron chi connectivity index (χ1n) is 10.2. The highest BCUT2D eigenvalue weighted by Crippen LogP contribution is 2.32. The lowest BCUT2D eigenvalue weighted by atomic mass is 9.80. The zero-order valence-electron chi connectivity index (χ0n) is 16.0. The predicted octanol–water partition coefficient (Wildman–Crippen LogP) is 7.07. The number of benzene rings is 1. The molecular formula is C24H33F. The molecule has 0 nitrogen and oxygen atoms in total. The Kier molecular flexibility index (Phi) is 8.81. The maximum absolute atomic E-state index is 14.1. The topological polar surface area (TPSA) is 0 Å². The van der Waals surface area contributed by atoms with E-state index in [0.29, 0.717) is 11.5 Å². The molecule has 25 heavy (non-hydrogen) atoms. The Bertz CT molecular complexity index is 594. The third-order valence-corrected chi connectivity index (χ3v) is 5.35. The van der Waals surface area contributed by atoms with Crippen LogP contribution in [0.1, 0.15) is 82.8 Å². The molecule has 0 saturated heterocycles. The van der Waals surface area contributed by atoms with Crippen molar-refractivity contribution in [3.05, 3.63) is 47.3 Å². The first-order chi connectivity index (χ1) is 12.2. The molecule has 2 rings (SSSR count). The Balaban J connectivity index is 1.82. The Morgan fingerprint density at radius 1 is 1.08 bits per heavy atom. The van der Waals surface area contributed by atoms with Crippen molar-refractivity contribution in [2.75, 3.05) is 0 Å². The minimum absolute atomic E-state index is 0.185. The molecule has 0 amide bonds. The van der Waals surface area contributed by atoms with Crippen molar-refractivity contribution in [2.24, 2.45) is 11.8 Å². The van der Waals surface area contributed by atoms with Crippen LogP contribution in [0, 0.1) is 29.5 Å². The maximum Gasteiger partial charge on any atom is 0.139 e. The van der Waals surface area contributed by atoms with Gasteiger partial charge in [-0.2, -0.15) is 0 Å². The van der Waals surface area contributed by atoms with Gasteiger partial charge < -0.3 is 0 Å². The van der Waals surface area contributed by atoms with E-state index in [0.717, 1.165) is 24.3 Å². The molecule has 1 fully saturated rings. The minimum atomic E-state index is -0.185. The van der Waals surface area contributed by atoms with Gasteiger partial charge in [-0.1, -0.05) is 63.5 Å². The molecule has 1 aliphatic carbocycles. The maximum atomic E-state index is 14.1. The van der Waals surface area contributed by atoms with E-state index < -0.39 is 0 Å². The third-order valence-electron chi connectivity index (χ3n) is 5.35. The summed E-state index contributed by atoms with van der Waals surface area (Å²) in [6.07, 6.45) is 16.6. The van der Waals surface area contributed by atoms with Gasteiger partial charge in [0.15, 0.2) is 0 Å². The molecule has 1 aromatic carbocycles. The SMILES string of the molecule is CCCCCc1ccc(C#C/C=C/C2CCC(CCC)CC2)c(F)c1. The molecule has 0 spiro atoms. The fourth-order valence-corrected chi connectivity index (χ4v) is 3.78. The van der Waals surface area contributed by atoms with Crippen LogP contribution >= 0.6 is 0 Å². The van der Waals surface area contributed by atoms with Gasteiger partial charge in [-0.05, 0) is 74.1 Å². The Morgan fingerprint density at radius 3 is 2.56 bits per heavy atom. The summed E-state index contributed by atoms with van der Waals surface area (Å²) in [5.41, 5.74) is 1.59. The van der Waals surface area contributed by atoms with E-state index in [4.69, 9.17) is 0 Å². The van der Waals surface area contributed by atoms with Gasteiger partial charge in [0, 0.05) is 0 Å². The van der Waals surface area contributed by atoms with E-state index in [9.17, 15) is 4.39 Å². The fraction of sp³-hybridized carbons (Fsp3) is 0.583. The fourth-order valence-electron chi connectivity index (χ4n) is 3.78. The number of halogens is 1. The monoisotopic (exact) mass is 340 g/mol. The van der Waals surface area contributed by atoms with Crippen molar-refractivity contribution in [3.63, 3.8) is 0 Å². The van der Waals surface area contributed by atoms with Crippen LogP contribution in [0.3, 0.4) is 0 Å². The summed E-state index contributed by atoms with van der Waals surface area (Å²) in [6.45, 7) is 4.46. The third kappa shape index (κ3) is 7.07. The molecule has 1 aromatic rings. The molecule has 1 aliphatic rings. The molecule has 0 unspecified atom stereocenters. The molecule has 0 bridgehead atoms. The first-order valence-corrected chi connectivity index (χ1v) is 10.2. The normalized spacial score (nSPS) is 20.4. The number of aryl methyl sites for hydroxylation is 1. The summed E-state index contributed by atoms with van der Waals surface area (Å²) in [7, 11) is 0. The number of hydrogen-bond donors (Lipinski definition) is 0. The van der Waals surface area contributed by atoms with Crippen LogP contribution in [-0.4, -0.2) is 0 Å². The lowest BCUT2D eigenvalue weighted by Crippen LogP contribution is -2.12. The predicted molar refractivity (Wildman–Crippen MR) is 106 cm³/mol. The number of allylic oxidation sites excluding steroid dienone is 2. The van der Waals surface area contributed by atoms with E-state index in [1.54, 1.807) is 6.07 Å². The molecule has 0 aromatic heterocycles. The zero-order valence-corrected chi connectivity index (χ0v) is 16.0. The van der Waals surface area contributed by atoms with Crippen molar-refractivity contribution >= 4 is 0 Å². The Labute approximate surface area is 153 Å². The van der Waals surface area contributed by atoms with Crippen LogP contribution in [-0.2, 0) is 6.42 Å². The summed E-state index contributed by atoms with van der Waals surface area (Å²) in [5, 5.41) is 0. The molecule has 0 heterocycles. The van der Waals surface area contributed by atoms with Crippen LogP contribution in [0.2, 0.25) is 0 Å². The van der Waals surface area contributed by atoms with Crippen molar-refractivity contribution in [1.29, 1.82) is 0 Å². The van der Waals surface area contributed by atoms with Crippen molar-refractivity contribution in [3.8, 4) is 11.8 Å². The Hall–Kier alpha value is -1.55. The van der Waals surface area contributed by atoms with E-state index >= 15 is 0 Å². The lowest BCUT2D eigenvalue weighted by molar-refractivity contribution is 0.294. The average molecular weight is 341 g/mol. The van der Waals surface area contributed by atoms with Crippen LogP contribution in [0.25, 0.3) is 0 Å². The summed E-state index contributed by atoms with van der Waals surface area (Å²) >= 11 is 0. The molecule has 1 saturated carbocycles. The zero-order chi connectivity index (χ0) is 17.9. The van der Waals surface area contributed by atoms with Gasteiger partial charge >= 0.3 is 0 Å². The van der Waals surface area contributed by atoms with Gasteiger partial charge in [-0.25, -0.2) is 4.39 Å². The molecule has 136 valence electrons. The van der Waals surface area contributed by atoms with Crippen LogP contribution in [0.15, 0.2) is 30.4 Å². The molecule has 0 radical (unpaired) electrons. The lowest BCUT2D eigenvalue weighted by Gasteiger charge is -2.26. The minimum Gasteiger partial charge on any atom is -0.206 e. The second-order valence-electron chi connectivity index (χ2n) is 7.47. The highest BCUT2D eigenvalue weighted by Gasteiger charge is 2.18. The van der Waals surface area contributed by atoms with Gasteiger partial charge in [-0.15, -0.1) is 0 Å². The molecular weight excluding hydrogens is 307 g/mol. The van der Waals surface area contributed by atoms with Crippen LogP contribution in [0.5, 0.6) is 0 Å². The second-order valence-corrected chi connectivity index (χ2v) is 7.47. The van der Waals surface area contributed by atoms with Gasteiger partial charge in [0.2, 0.25) is 0 Å². The standard InChI is InChI=1S/C24H33F/c1-3-5-6-11-22-17-18-23(24(25)19-22)12-8-7-10-21-15-13-20(9-4-2)14-16-21/h7,10,17-21H,3-6,9,11,13-16H2,1-2H3/b10-7+. The molecule has 0 atom stereocenters. The summed E-state index contributed by atoms with van der Waals surface area (Å²) in [4.78, 5) is 0. The van der Waals surface area contributed by atoms with E-state index in [1.807, 2.05) is 18.2 Å². The van der Waals surface area contributed by atoms with E-state index in [2.05, 4.69) is 31.8 Å². The van der Waals surface area contributed by atoms with E-state index in [1.165, 1.54) is 51.4 Å². The summed E-state index contributed by atoms with van der Waals surface area (Å²) in [6, 6.07) is 5.49. The summed E-state index contributed by atoms with van der Waals surface area (Å²) in [5.74, 6) is 7.40. The first kappa shape index (κ1) is 19.8.